The molecule has 0 aliphatic carbocycles. The minimum atomic E-state index is -1.09. The zero-order valence-corrected chi connectivity index (χ0v) is 8.23. The third-order valence-corrected chi connectivity index (χ3v) is 1.81. The van der Waals surface area contributed by atoms with E-state index in [0.717, 1.165) is 0 Å². The molecule has 1 rings (SSSR count). The van der Waals surface area contributed by atoms with Gasteiger partial charge in [0.2, 0.25) is 0 Å². The molecule has 1 aliphatic heterocycles. The van der Waals surface area contributed by atoms with Crippen LogP contribution in [0, 0.1) is 5.92 Å². The van der Waals surface area contributed by atoms with Crippen LogP contribution in [0.4, 0.5) is 0 Å². The van der Waals surface area contributed by atoms with Gasteiger partial charge in [-0.2, -0.15) is 0 Å². The molecule has 7 heteroatoms. The summed E-state index contributed by atoms with van der Waals surface area (Å²) in [7, 11) is 0. The van der Waals surface area contributed by atoms with Crippen LogP contribution < -0.4 is 5.32 Å². The van der Waals surface area contributed by atoms with Crippen molar-refractivity contribution in [1.82, 2.24) is 5.32 Å². The van der Waals surface area contributed by atoms with Crippen LogP contribution in [0.5, 0.6) is 0 Å². The quantitative estimate of drug-likeness (QED) is 0.622. The maximum Gasteiger partial charge on any atom is 0.321 e. The second-order valence-electron chi connectivity index (χ2n) is 2.50. The molecule has 0 saturated carbocycles. The maximum atomic E-state index is 10.4. The number of hydrogen-bond donors (Lipinski definition) is 3. The highest BCUT2D eigenvalue weighted by Crippen LogP contribution is 2.15. The summed E-state index contributed by atoms with van der Waals surface area (Å²) < 4.78 is 0. The number of rotatable bonds is 2. The van der Waals surface area contributed by atoms with Crippen molar-refractivity contribution < 1.29 is 19.8 Å². The van der Waals surface area contributed by atoms with Crippen molar-refractivity contribution in [3.63, 3.8) is 0 Å². The minimum absolute atomic E-state index is 0. The summed E-state index contributed by atoms with van der Waals surface area (Å²) in [5.74, 6) is -2.90. The second kappa shape index (κ2) is 6.01. The molecule has 1 saturated heterocycles. The Hall–Kier alpha value is -0.520. The first kappa shape index (κ1) is 15.0. The van der Waals surface area contributed by atoms with Gasteiger partial charge in [-0.15, -0.1) is 24.8 Å². The van der Waals surface area contributed by atoms with Crippen LogP contribution in [-0.4, -0.2) is 34.7 Å². The molecule has 1 aliphatic rings. The van der Waals surface area contributed by atoms with Crippen LogP contribution in [0.3, 0.4) is 0 Å². The standard InChI is InChI=1S/C6H9NO4.2ClH/c8-5(9)3-1-2-7-4(3)6(10)11;;/h3-4,7H,1-2H2,(H,8,9)(H,10,11);2*1H. The Labute approximate surface area is 87.3 Å². The number of aliphatic carboxylic acids is 2. The van der Waals surface area contributed by atoms with Crippen molar-refractivity contribution in [3.8, 4) is 0 Å². The molecule has 1 heterocycles. The highest BCUT2D eigenvalue weighted by atomic mass is 35.5. The molecule has 13 heavy (non-hydrogen) atoms. The topological polar surface area (TPSA) is 86.6 Å². The van der Waals surface area contributed by atoms with E-state index < -0.39 is 23.9 Å². The summed E-state index contributed by atoms with van der Waals surface area (Å²) in [6.07, 6.45) is 0.395. The summed E-state index contributed by atoms with van der Waals surface area (Å²) in [5, 5.41) is 19.6. The number of hydrogen-bond acceptors (Lipinski definition) is 3. The van der Waals surface area contributed by atoms with E-state index in [1.807, 2.05) is 0 Å². The lowest BCUT2D eigenvalue weighted by Crippen LogP contribution is -2.38. The van der Waals surface area contributed by atoms with Crippen LogP contribution in [-0.2, 0) is 9.59 Å². The van der Waals surface area contributed by atoms with Gasteiger partial charge in [0, 0.05) is 0 Å². The number of nitrogens with one attached hydrogen (secondary N) is 1. The van der Waals surface area contributed by atoms with Gasteiger partial charge in [0.1, 0.15) is 6.04 Å². The molecule has 2 atom stereocenters. The third-order valence-electron chi connectivity index (χ3n) is 1.81. The molecule has 1 fully saturated rings. The van der Waals surface area contributed by atoms with E-state index in [9.17, 15) is 9.59 Å². The Bertz CT molecular complexity index is 179. The molecule has 0 spiro atoms. The number of carbonyl (C=O) groups is 2. The average Bonchev–Trinajstić information content (AvgIpc) is 2.32. The summed E-state index contributed by atoms with van der Waals surface area (Å²) >= 11 is 0. The van der Waals surface area contributed by atoms with Gasteiger partial charge in [0.05, 0.1) is 5.92 Å². The molecule has 0 amide bonds. The lowest BCUT2D eigenvalue weighted by Gasteiger charge is -2.09. The predicted molar refractivity (Wildman–Crippen MR) is 49.7 cm³/mol. The number of halogens is 2. The van der Waals surface area contributed by atoms with E-state index in [-0.39, 0.29) is 24.8 Å². The molecular weight excluding hydrogens is 221 g/mol. The largest absolute Gasteiger partial charge is 0.481 e. The Balaban J connectivity index is 0. The van der Waals surface area contributed by atoms with Crippen molar-refractivity contribution in [2.24, 2.45) is 5.92 Å². The van der Waals surface area contributed by atoms with Crippen LogP contribution in [0.2, 0.25) is 0 Å². The second-order valence-corrected chi connectivity index (χ2v) is 2.50. The molecule has 0 aromatic heterocycles. The summed E-state index contributed by atoms with van der Waals surface area (Å²) in [5.41, 5.74) is 0. The van der Waals surface area contributed by atoms with Gasteiger partial charge in [-0.3, -0.25) is 9.59 Å². The molecule has 5 nitrogen and oxygen atoms in total. The first-order chi connectivity index (χ1) is 5.13. The normalized spacial score (nSPS) is 25.5. The molecule has 0 aromatic rings. The fourth-order valence-corrected chi connectivity index (χ4v) is 1.23. The summed E-state index contributed by atoms with van der Waals surface area (Å²) in [6.45, 7) is 0.466. The van der Waals surface area contributed by atoms with Gasteiger partial charge in [-0.05, 0) is 13.0 Å². The van der Waals surface area contributed by atoms with Gasteiger partial charge in [-0.1, -0.05) is 0 Å². The van der Waals surface area contributed by atoms with E-state index in [0.29, 0.717) is 13.0 Å². The van der Waals surface area contributed by atoms with Crippen molar-refractivity contribution in [1.29, 1.82) is 0 Å². The maximum absolute atomic E-state index is 10.4. The van der Waals surface area contributed by atoms with Crippen molar-refractivity contribution in [2.75, 3.05) is 6.54 Å². The molecule has 0 bridgehead atoms. The van der Waals surface area contributed by atoms with Gasteiger partial charge in [0.25, 0.3) is 0 Å². The number of carboxylic acids is 2. The van der Waals surface area contributed by atoms with E-state index in [2.05, 4.69) is 5.32 Å². The van der Waals surface area contributed by atoms with Gasteiger partial charge in [-0.25, -0.2) is 0 Å². The van der Waals surface area contributed by atoms with E-state index in [1.165, 1.54) is 0 Å². The van der Waals surface area contributed by atoms with Crippen molar-refractivity contribution in [2.45, 2.75) is 12.5 Å². The highest BCUT2D eigenvalue weighted by Gasteiger charge is 2.37. The molecule has 3 N–H and O–H groups in total. The molecule has 0 aromatic carbocycles. The first-order valence-corrected chi connectivity index (χ1v) is 3.32. The average molecular weight is 232 g/mol. The van der Waals surface area contributed by atoms with Crippen LogP contribution in [0.1, 0.15) is 6.42 Å². The zero-order chi connectivity index (χ0) is 8.43. The SMILES string of the molecule is Cl.Cl.O=C(O)C1CCNC1C(=O)O. The summed E-state index contributed by atoms with van der Waals surface area (Å²) in [6, 6.07) is -0.910. The van der Waals surface area contributed by atoms with E-state index in [1.54, 1.807) is 0 Å². The van der Waals surface area contributed by atoms with Crippen molar-refractivity contribution in [3.05, 3.63) is 0 Å². The molecule has 0 radical (unpaired) electrons. The van der Waals surface area contributed by atoms with Gasteiger partial charge in [0.15, 0.2) is 0 Å². The Morgan fingerprint density at radius 1 is 1.15 bits per heavy atom. The van der Waals surface area contributed by atoms with Crippen LogP contribution in [0.25, 0.3) is 0 Å². The minimum Gasteiger partial charge on any atom is -0.481 e. The highest BCUT2D eigenvalue weighted by molar-refractivity contribution is 5.85. The molecular formula is C6H11Cl2NO4. The van der Waals surface area contributed by atoms with Gasteiger partial charge >= 0.3 is 11.9 Å². The summed E-state index contributed by atoms with van der Waals surface area (Å²) in [4.78, 5) is 20.8. The third kappa shape index (κ3) is 3.38. The van der Waals surface area contributed by atoms with Crippen LogP contribution in [0.15, 0.2) is 0 Å². The van der Waals surface area contributed by atoms with Crippen molar-refractivity contribution >= 4 is 36.8 Å². The van der Waals surface area contributed by atoms with E-state index >= 15 is 0 Å². The Morgan fingerprint density at radius 3 is 2.00 bits per heavy atom. The van der Waals surface area contributed by atoms with Gasteiger partial charge < -0.3 is 15.5 Å². The van der Waals surface area contributed by atoms with E-state index in [4.69, 9.17) is 10.2 Å². The molecule has 78 valence electrons. The number of carboxylic acid groups (broad SMARTS) is 2. The molecule has 2 unspecified atom stereocenters. The predicted octanol–water partition coefficient (Wildman–Crippen LogP) is -0.0227. The smallest absolute Gasteiger partial charge is 0.321 e. The zero-order valence-electron chi connectivity index (χ0n) is 6.60. The fourth-order valence-electron chi connectivity index (χ4n) is 1.23. The lowest BCUT2D eigenvalue weighted by atomic mass is 10.0. The monoisotopic (exact) mass is 231 g/mol. The Kier molecular flexibility index (Phi) is 6.93. The van der Waals surface area contributed by atoms with Crippen LogP contribution >= 0.6 is 24.8 Å². The first-order valence-electron chi connectivity index (χ1n) is 3.32. The lowest BCUT2D eigenvalue weighted by molar-refractivity contribution is -0.149. The Morgan fingerprint density at radius 2 is 1.69 bits per heavy atom. The fraction of sp³-hybridized carbons (Fsp3) is 0.667.